The monoisotopic (exact) mass is 1190 g/mol. The van der Waals surface area contributed by atoms with Crippen LogP contribution in [0.25, 0.3) is 22.8 Å². The summed E-state index contributed by atoms with van der Waals surface area (Å²) < 4.78 is 80.6. The molecule has 0 radical (unpaired) electrons. The number of esters is 2. The van der Waals surface area contributed by atoms with Gasteiger partial charge in [0.1, 0.15) is 0 Å². The van der Waals surface area contributed by atoms with Crippen LogP contribution in [0.1, 0.15) is 186 Å². The largest absolute Gasteiger partial charge is 0.491 e. The molecule has 4 N–H and O–H groups in total. The van der Waals surface area contributed by atoms with Crippen molar-refractivity contribution in [3.05, 3.63) is 128 Å². The number of hydrogen-bond acceptors (Lipinski definition) is 13. The number of primary amides is 1. The van der Waals surface area contributed by atoms with E-state index in [0.29, 0.717) is 84.8 Å². The predicted molar refractivity (Wildman–Crippen MR) is 303 cm³/mol. The smallest absolute Gasteiger partial charge is 0.463 e. The second kappa shape index (κ2) is 28.1. The molecule has 0 atom stereocenters. The number of ether oxygens (including phenoxy) is 3. The number of piperidine rings is 2. The van der Waals surface area contributed by atoms with Crippen molar-refractivity contribution in [1.29, 1.82) is 5.26 Å². The highest BCUT2D eigenvalue weighted by Gasteiger charge is 2.49. The van der Waals surface area contributed by atoms with Crippen molar-refractivity contribution in [2.75, 3.05) is 39.4 Å². The number of aryl methyl sites for hydroxylation is 2. The Hall–Kier alpha value is -8.62. The number of aromatic amines is 2. The van der Waals surface area contributed by atoms with E-state index in [1.807, 2.05) is 60.0 Å². The molecule has 0 spiro atoms. The zero-order chi connectivity index (χ0) is 61.9. The molecule has 6 aromatic rings. The molecule has 4 heterocycles. The Morgan fingerprint density at radius 1 is 0.581 bits per heavy atom. The Morgan fingerprint density at radius 3 is 1.28 bits per heavy atom. The second-order valence-corrected chi connectivity index (χ2v) is 21.5. The van der Waals surface area contributed by atoms with Crippen LogP contribution in [0, 0.1) is 11.3 Å². The van der Waals surface area contributed by atoms with Gasteiger partial charge in [-0.15, -0.1) is 10.2 Å². The van der Waals surface area contributed by atoms with E-state index < -0.39 is 30.2 Å². The van der Waals surface area contributed by atoms with Crippen molar-refractivity contribution in [3.63, 3.8) is 0 Å². The number of amides is 3. The highest BCUT2D eigenvalue weighted by Crippen LogP contribution is 2.44. The van der Waals surface area contributed by atoms with Crippen LogP contribution in [0.4, 0.5) is 26.3 Å². The first kappa shape index (κ1) is 63.4. The van der Waals surface area contributed by atoms with E-state index in [-0.39, 0.29) is 11.8 Å². The van der Waals surface area contributed by atoms with Crippen LogP contribution >= 0.6 is 0 Å². The van der Waals surface area contributed by atoms with Gasteiger partial charge in [0.25, 0.3) is 11.8 Å². The van der Waals surface area contributed by atoms with Crippen molar-refractivity contribution in [2.45, 2.75) is 141 Å². The number of aromatic nitrogens is 6. The molecule has 4 aliphatic rings. The van der Waals surface area contributed by atoms with Gasteiger partial charge in [0.05, 0.1) is 24.8 Å². The molecule has 0 unspecified atom stereocenters. The third kappa shape index (κ3) is 15.2. The maximum absolute atomic E-state index is 13.8. The number of carbonyl (C=O) groups is 5. The van der Waals surface area contributed by atoms with Gasteiger partial charge in [-0.1, -0.05) is 63.1 Å². The zero-order valence-corrected chi connectivity index (χ0v) is 48.2. The van der Waals surface area contributed by atoms with Gasteiger partial charge in [0, 0.05) is 54.0 Å². The molecule has 4 aromatic carbocycles. The van der Waals surface area contributed by atoms with Crippen LogP contribution in [0.2, 0.25) is 0 Å². The molecule has 86 heavy (non-hydrogen) atoms. The van der Waals surface area contributed by atoms with Crippen LogP contribution in [-0.4, -0.2) is 122 Å². The number of rotatable bonds is 15. The van der Waals surface area contributed by atoms with Crippen LogP contribution in [-0.2, 0) is 27.2 Å². The Bertz CT molecular complexity index is 3380. The third-order valence-electron chi connectivity index (χ3n) is 16.2. The zero-order valence-electron chi connectivity index (χ0n) is 48.2. The molecule has 0 bridgehead atoms. The Balaban J connectivity index is 0.000000186. The lowest BCUT2D eigenvalue weighted by Crippen LogP contribution is -2.38. The summed E-state index contributed by atoms with van der Waals surface area (Å²) in [6.45, 7) is 11.9. The molecule has 10 rings (SSSR count). The molecule has 2 aliphatic carbocycles. The highest BCUT2D eigenvalue weighted by molar-refractivity contribution is 5.98. The Morgan fingerprint density at radius 2 is 0.965 bits per heavy atom. The van der Waals surface area contributed by atoms with Crippen LogP contribution in [0.15, 0.2) is 72.8 Å². The van der Waals surface area contributed by atoms with E-state index >= 15 is 0 Å². The predicted octanol–water partition coefficient (Wildman–Crippen LogP) is 11.6. The second-order valence-electron chi connectivity index (χ2n) is 21.5. The van der Waals surface area contributed by atoms with E-state index in [9.17, 15) is 50.3 Å². The minimum atomic E-state index is -5.62. The first-order chi connectivity index (χ1) is 41.1. The summed E-state index contributed by atoms with van der Waals surface area (Å²) in [7, 11) is 0. The molecule has 4 fully saturated rings. The van der Waals surface area contributed by atoms with Gasteiger partial charge in [-0.05, 0) is 172 Å². The van der Waals surface area contributed by atoms with Crippen LogP contribution < -0.4 is 15.2 Å². The molecular weight excluding hydrogens is 1130 g/mol. The lowest BCUT2D eigenvalue weighted by atomic mass is 9.76. The van der Waals surface area contributed by atoms with Crippen molar-refractivity contribution < 1.29 is 64.5 Å². The van der Waals surface area contributed by atoms with Crippen molar-refractivity contribution in [3.8, 4) is 40.9 Å². The Kier molecular flexibility index (Phi) is 20.7. The van der Waals surface area contributed by atoms with E-state index in [4.69, 9.17) is 20.5 Å². The average molecular weight is 1200 g/mol. The van der Waals surface area contributed by atoms with Gasteiger partial charge < -0.3 is 29.7 Å². The molecule has 2 aromatic heterocycles. The number of nitrogens with two attached hydrogens (primary N) is 1. The number of alkyl halides is 6. The summed E-state index contributed by atoms with van der Waals surface area (Å²) in [5.41, 5.74) is 17.1. The molecule has 24 heteroatoms. The molecule has 456 valence electrons. The van der Waals surface area contributed by atoms with Gasteiger partial charge in [0.15, 0.2) is 11.6 Å². The highest BCUT2D eigenvalue weighted by atomic mass is 19.4. The number of halogens is 6. The van der Waals surface area contributed by atoms with Gasteiger partial charge in [-0.3, -0.25) is 24.6 Å². The van der Waals surface area contributed by atoms with E-state index in [1.54, 1.807) is 12.1 Å². The number of H-pyrrole nitrogens is 2. The summed E-state index contributed by atoms with van der Waals surface area (Å²) in [6.07, 6.45) is 1.08. The molecule has 2 saturated heterocycles. The number of nitriles is 1. The molecule has 2 saturated carbocycles. The number of hydrogen-bond donors (Lipinski definition) is 3. The number of benzene rings is 4. The minimum Gasteiger partial charge on any atom is -0.463 e. The summed E-state index contributed by atoms with van der Waals surface area (Å²) in [6, 6.07) is 26.8. The molecule has 2 aliphatic heterocycles. The van der Waals surface area contributed by atoms with Gasteiger partial charge in [-0.25, -0.2) is 9.59 Å². The van der Waals surface area contributed by atoms with Gasteiger partial charge in [0.2, 0.25) is 5.91 Å². The maximum atomic E-state index is 13.8. The summed E-state index contributed by atoms with van der Waals surface area (Å²) >= 11 is 0. The maximum Gasteiger partial charge on any atom is 0.491 e. The minimum absolute atomic E-state index is 0.0744. The normalized spacial score (nSPS) is 15.8. The fraction of sp³-hybridized carbons (Fsp3) is 0.452. The lowest BCUT2D eigenvalue weighted by Gasteiger charge is -2.33. The fourth-order valence-corrected chi connectivity index (χ4v) is 11.1. The average Bonchev–Trinajstić information content (AvgIpc) is 1.39. The van der Waals surface area contributed by atoms with E-state index in [1.165, 1.54) is 47.9 Å². The standard InChI is InChI=1S/C29H35N5O3.C29H33N5O2.C4F6O3/c1-3-18-16-23(21-6-5-7-21)25(27-31-29(33-32-27)37-4-2)17-24(18)28(36)34-14-12-20(13-15-34)19-8-10-22(11-9-19)26(30)35;1-3-20-16-24(23-6-5-7-23)26(27-31-29(33-32-27)36-4-2)17-25(20)28(35)34-14-12-22(13-15-34)21-10-8-19(18-30)9-11-21;5-3(6,7)1(11)13-2(12)4(8,9)10/h8-11,16-17,20-21H,3-7,12-15H2,1-2H3,(H2,30,35)(H,31,32,33);8-11,16-17,22-23H,3-7,12-15H2,1-2H3,(H,31,32,33);. The number of nitrogens with zero attached hydrogens (tertiary/aromatic N) is 7. The molecule has 3 amide bonds. The fourth-order valence-electron chi connectivity index (χ4n) is 11.1. The first-order valence-electron chi connectivity index (χ1n) is 29.0. The summed E-state index contributed by atoms with van der Waals surface area (Å²) in [5.74, 6) is -3.57. The van der Waals surface area contributed by atoms with Crippen LogP contribution in [0.5, 0.6) is 12.0 Å². The SMILES string of the molecule is CCOc1n[nH]c(-c2cc(C(=O)N3CCC(c4ccc(C#N)cc4)CC3)c(CC)cc2C2CCC2)n1.CCOc1n[nH]c(-c2cc(C(=O)N3CCC(c4ccc(C(N)=O)cc4)CC3)c(CC)cc2C2CCC2)n1.O=C(OC(=O)C(F)(F)F)C(F)(F)F. The summed E-state index contributed by atoms with van der Waals surface area (Å²) in [4.78, 5) is 71.4. The van der Waals surface area contributed by atoms with Gasteiger partial charge in [-0.2, -0.15) is 41.6 Å². The lowest BCUT2D eigenvalue weighted by molar-refractivity contribution is -0.221. The van der Waals surface area contributed by atoms with E-state index in [0.717, 1.165) is 97.8 Å². The van der Waals surface area contributed by atoms with E-state index in [2.05, 4.69) is 79.3 Å². The number of nitrogens with one attached hydrogen (secondary N) is 2. The molecular formula is C62H68F6N10O8. The third-order valence-corrected chi connectivity index (χ3v) is 16.2. The topological polar surface area (TPSA) is 252 Å². The summed E-state index contributed by atoms with van der Waals surface area (Å²) in [5, 5.41) is 23.5. The molecule has 18 nitrogen and oxygen atoms in total. The van der Waals surface area contributed by atoms with Crippen LogP contribution in [0.3, 0.4) is 0 Å². The Labute approximate surface area is 493 Å². The van der Waals surface area contributed by atoms with Gasteiger partial charge >= 0.3 is 36.3 Å². The van der Waals surface area contributed by atoms with Crippen molar-refractivity contribution in [1.82, 2.24) is 40.2 Å². The van der Waals surface area contributed by atoms with Crippen molar-refractivity contribution >= 4 is 29.7 Å². The number of carbonyl (C=O) groups excluding carboxylic acids is 5. The van der Waals surface area contributed by atoms with Crippen molar-refractivity contribution in [2.24, 2.45) is 5.73 Å². The first-order valence-corrected chi connectivity index (χ1v) is 29.0. The number of likely N-dealkylation sites (tertiary alicyclic amines) is 2. The quantitative estimate of drug-likeness (QED) is 0.0492.